The Morgan fingerprint density at radius 1 is 0.921 bits per heavy atom. The summed E-state index contributed by atoms with van der Waals surface area (Å²) in [6, 6.07) is 22.0. The third-order valence-electron chi connectivity index (χ3n) is 6.00. The molecule has 0 aliphatic carbocycles. The topological polar surface area (TPSA) is 119 Å². The first-order valence-corrected chi connectivity index (χ1v) is 12.7. The highest BCUT2D eigenvalue weighted by Gasteiger charge is 2.21. The molecule has 38 heavy (non-hydrogen) atoms. The molecule has 0 unspecified atom stereocenters. The van der Waals surface area contributed by atoms with Crippen molar-refractivity contribution in [3.05, 3.63) is 87.9 Å². The van der Waals surface area contributed by atoms with E-state index in [0.29, 0.717) is 5.56 Å². The van der Waals surface area contributed by atoms with Crippen LogP contribution >= 0.6 is 15.9 Å². The molecule has 0 spiro atoms. The standard InChI is InChI=1S/C26H28BrN3O2.C2H2O4/c1-19-16-21(8-10-23(19)27)26(31)28-22-9-11-25(32-2)24(17-22)30-14-12-29(13-15-30)18-20-6-4-3-5-7-20;3-1(4)2(5)6/h3-11,16-17H,12-15,18H2,1-2H3,(H,28,31);(H,3,4)(H,5,6). The summed E-state index contributed by atoms with van der Waals surface area (Å²) in [6.07, 6.45) is 0. The zero-order valence-corrected chi connectivity index (χ0v) is 22.8. The number of carboxylic acid groups (broad SMARTS) is 2. The van der Waals surface area contributed by atoms with Gasteiger partial charge >= 0.3 is 11.9 Å². The van der Waals surface area contributed by atoms with Crippen molar-refractivity contribution in [1.82, 2.24) is 4.90 Å². The average molecular weight is 584 g/mol. The monoisotopic (exact) mass is 583 g/mol. The number of carbonyl (C=O) groups is 3. The van der Waals surface area contributed by atoms with Crippen LogP contribution in [-0.4, -0.2) is 66.2 Å². The number of nitrogens with zero attached hydrogens (tertiary/aromatic N) is 2. The molecular formula is C28H30BrN3O6. The van der Waals surface area contributed by atoms with E-state index in [1.807, 2.05) is 43.3 Å². The largest absolute Gasteiger partial charge is 0.495 e. The zero-order chi connectivity index (χ0) is 27.7. The fourth-order valence-corrected chi connectivity index (χ4v) is 4.24. The number of methoxy groups -OCH3 is 1. The van der Waals surface area contributed by atoms with Crippen molar-refractivity contribution in [3.8, 4) is 5.75 Å². The molecule has 0 bridgehead atoms. The summed E-state index contributed by atoms with van der Waals surface area (Å²) in [4.78, 5) is 35.8. The third-order valence-corrected chi connectivity index (χ3v) is 6.89. The van der Waals surface area contributed by atoms with Crippen LogP contribution in [0.4, 0.5) is 11.4 Å². The Morgan fingerprint density at radius 3 is 2.16 bits per heavy atom. The van der Waals surface area contributed by atoms with Crippen LogP contribution in [0.5, 0.6) is 5.75 Å². The quantitative estimate of drug-likeness (QED) is 0.363. The van der Waals surface area contributed by atoms with Crippen LogP contribution in [-0.2, 0) is 16.1 Å². The number of aliphatic carboxylic acids is 2. The highest BCUT2D eigenvalue weighted by Crippen LogP contribution is 2.32. The maximum Gasteiger partial charge on any atom is 0.414 e. The van der Waals surface area contributed by atoms with E-state index in [4.69, 9.17) is 24.5 Å². The predicted octanol–water partition coefficient (Wildman–Crippen LogP) is 4.50. The first-order chi connectivity index (χ1) is 18.2. The molecule has 0 aromatic heterocycles. The van der Waals surface area contributed by atoms with Crippen LogP contribution in [0.15, 0.2) is 71.2 Å². The number of benzene rings is 3. The second-order valence-electron chi connectivity index (χ2n) is 8.66. The number of nitrogens with one attached hydrogen (secondary N) is 1. The van der Waals surface area contributed by atoms with E-state index in [-0.39, 0.29) is 5.91 Å². The molecule has 1 fully saturated rings. The first-order valence-electron chi connectivity index (χ1n) is 11.9. The molecule has 1 heterocycles. The van der Waals surface area contributed by atoms with Gasteiger partial charge in [-0.2, -0.15) is 0 Å². The predicted molar refractivity (Wildman–Crippen MR) is 149 cm³/mol. The minimum absolute atomic E-state index is 0.121. The molecule has 3 aromatic rings. The van der Waals surface area contributed by atoms with E-state index in [0.717, 1.165) is 59.9 Å². The Morgan fingerprint density at radius 2 is 1.58 bits per heavy atom. The van der Waals surface area contributed by atoms with Gasteiger partial charge in [0.15, 0.2) is 0 Å². The van der Waals surface area contributed by atoms with Gasteiger partial charge in [-0.15, -0.1) is 0 Å². The Bertz CT molecular complexity index is 1260. The molecular weight excluding hydrogens is 554 g/mol. The smallest absolute Gasteiger partial charge is 0.414 e. The molecule has 0 saturated carbocycles. The summed E-state index contributed by atoms with van der Waals surface area (Å²) in [5.41, 5.74) is 4.78. The third kappa shape index (κ3) is 8.06. The van der Waals surface area contributed by atoms with Gasteiger partial charge < -0.3 is 25.2 Å². The summed E-state index contributed by atoms with van der Waals surface area (Å²) in [6.45, 7) is 6.72. The van der Waals surface area contributed by atoms with Gasteiger partial charge in [-0.1, -0.05) is 46.3 Å². The lowest BCUT2D eigenvalue weighted by Crippen LogP contribution is -2.46. The number of carboxylic acids is 2. The van der Waals surface area contributed by atoms with E-state index in [2.05, 4.69) is 61.4 Å². The van der Waals surface area contributed by atoms with Crippen LogP contribution in [0.1, 0.15) is 21.5 Å². The lowest BCUT2D eigenvalue weighted by Gasteiger charge is -2.36. The summed E-state index contributed by atoms with van der Waals surface area (Å²) >= 11 is 3.48. The first kappa shape index (κ1) is 28.7. The van der Waals surface area contributed by atoms with Crippen molar-refractivity contribution in [3.63, 3.8) is 0 Å². The summed E-state index contributed by atoms with van der Waals surface area (Å²) in [7, 11) is 1.69. The molecule has 1 saturated heterocycles. The number of halogens is 1. The average Bonchev–Trinajstić information content (AvgIpc) is 2.91. The van der Waals surface area contributed by atoms with Crippen molar-refractivity contribution in [2.45, 2.75) is 13.5 Å². The minimum atomic E-state index is -1.82. The number of amides is 1. The fraction of sp³-hybridized carbons (Fsp3) is 0.250. The van der Waals surface area contributed by atoms with Gasteiger partial charge in [-0.25, -0.2) is 9.59 Å². The van der Waals surface area contributed by atoms with E-state index >= 15 is 0 Å². The van der Waals surface area contributed by atoms with E-state index < -0.39 is 11.9 Å². The number of ether oxygens (including phenoxy) is 1. The SMILES string of the molecule is COc1ccc(NC(=O)c2ccc(Br)c(C)c2)cc1N1CCN(Cc2ccccc2)CC1.O=C(O)C(=O)O. The van der Waals surface area contributed by atoms with Gasteiger partial charge in [0.1, 0.15) is 5.75 Å². The molecule has 0 atom stereocenters. The molecule has 3 aromatic carbocycles. The number of piperazine rings is 1. The second-order valence-corrected chi connectivity index (χ2v) is 9.52. The molecule has 1 amide bonds. The van der Waals surface area contributed by atoms with Crippen molar-refractivity contribution < 1.29 is 29.3 Å². The minimum Gasteiger partial charge on any atom is -0.495 e. The molecule has 3 N–H and O–H groups in total. The van der Waals surface area contributed by atoms with E-state index in [9.17, 15) is 4.79 Å². The number of rotatable bonds is 6. The summed E-state index contributed by atoms with van der Waals surface area (Å²) in [5, 5.41) is 17.8. The highest BCUT2D eigenvalue weighted by atomic mass is 79.9. The number of hydrogen-bond acceptors (Lipinski definition) is 6. The van der Waals surface area contributed by atoms with Crippen molar-refractivity contribution >= 4 is 45.2 Å². The van der Waals surface area contributed by atoms with Crippen LogP contribution < -0.4 is 15.0 Å². The molecule has 4 rings (SSSR count). The van der Waals surface area contributed by atoms with Crippen LogP contribution in [0.2, 0.25) is 0 Å². The normalized spacial score (nSPS) is 13.2. The van der Waals surface area contributed by atoms with E-state index in [1.54, 1.807) is 7.11 Å². The van der Waals surface area contributed by atoms with Gasteiger partial charge in [-0.3, -0.25) is 9.69 Å². The molecule has 0 radical (unpaired) electrons. The van der Waals surface area contributed by atoms with Gasteiger partial charge in [0.05, 0.1) is 12.8 Å². The number of anilines is 2. The lowest BCUT2D eigenvalue weighted by atomic mass is 10.1. The van der Waals surface area contributed by atoms with E-state index in [1.165, 1.54) is 5.56 Å². The van der Waals surface area contributed by atoms with Crippen LogP contribution in [0.25, 0.3) is 0 Å². The number of aryl methyl sites for hydroxylation is 1. The highest BCUT2D eigenvalue weighted by molar-refractivity contribution is 9.10. The Labute approximate surface area is 229 Å². The van der Waals surface area contributed by atoms with Gasteiger partial charge in [0, 0.05) is 48.4 Å². The van der Waals surface area contributed by atoms with Gasteiger partial charge in [-0.05, 0) is 54.4 Å². The maximum atomic E-state index is 12.8. The summed E-state index contributed by atoms with van der Waals surface area (Å²) < 4.78 is 6.61. The fourth-order valence-electron chi connectivity index (χ4n) is 3.99. The van der Waals surface area contributed by atoms with Crippen molar-refractivity contribution in [2.24, 2.45) is 0 Å². The van der Waals surface area contributed by atoms with Crippen molar-refractivity contribution in [2.75, 3.05) is 43.5 Å². The maximum absolute atomic E-state index is 12.8. The Balaban J connectivity index is 0.000000599. The summed E-state index contributed by atoms with van der Waals surface area (Å²) in [5.74, 6) is -2.95. The second kappa shape index (κ2) is 13.6. The zero-order valence-electron chi connectivity index (χ0n) is 21.2. The lowest BCUT2D eigenvalue weighted by molar-refractivity contribution is -0.159. The molecule has 1 aliphatic heterocycles. The number of hydrogen-bond donors (Lipinski definition) is 3. The van der Waals surface area contributed by atoms with Crippen LogP contribution in [0, 0.1) is 6.92 Å². The Hall–Kier alpha value is -3.89. The molecule has 1 aliphatic rings. The molecule has 200 valence electrons. The van der Waals surface area contributed by atoms with Crippen LogP contribution in [0.3, 0.4) is 0 Å². The van der Waals surface area contributed by atoms with Crippen molar-refractivity contribution in [1.29, 1.82) is 0 Å². The number of carbonyl (C=O) groups excluding carboxylic acids is 1. The van der Waals surface area contributed by atoms with Gasteiger partial charge in [0.2, 0.25) is 0 Å². The molecule has 9 nitrogen and oxygen atoms in total. The molecule has 10 heteroatoms. The van der Waals surface area contributed by atoms with Gasteiger partial charge in [0.25, 0.3) is 5.91 Å². The Kier molecular flexibility index (Phi) is 10.3.